The second-order valence-corrected chi connectivity index (χ2v) is 6.79. The molecule has 1 amide bonds. The van der Waals surface area contributed by atoms with Crippen molar-refractivity contribution in [3.05, 3.63) is 47.8 Å². The highest BCUT2D eigenvalue weighted by atomic mass is 16.5. The van der Waals surface area contributed by atoms with Gasteiger partial charge in [-0.3, -0.25) is 4.79 Å². The first-order valence-electron chi connectivity index (χ1n) is 8.97. The fourth-order valence-corrected chi connectivity index (χ4v) is 3.43. The summed E-state index contributed by atoms with van der Waals surface area (Å²) in [5.74, 6) is -0.787. The first-order valence-corrected chi connectivity index (χ1v) is 8.97. The number of aromatic nitrogens is 3. The Morgan fingerprint density at radius 1 is 1.15 bits per heavy atom. The highest BCUT2D eigenvalue weighted by Crippen LogP contribution is 2.22. The van der Waals surface area contributed by atoms with Gasteiger partial charge in [0.05, 0.1) is 12.7 Å². The van der Waals surface area contributed by atoms with E-state index in [1.54, 1.807) is 4.68 Å². The average Bonchev–Trinajstić information content (AvgIpc) is 3.09. The number of hydrogen-bond donors (Lipinski definition) is 0. The van der Waals surface area contributed by atoms with Gasteiger partial charge in [-0.1, -0.05) is 35.5 Å². The van der Waals surface area contributed by atoms with E-state index in [0.717, 1.165) is 24.8 Å². The third-order valence-electron chi connectivity index (χ3n) is 4.74. The first-order chi connectivity index (χ1) is 12.5. The Balaban J connectivity index is 1.54. The molecule has 3 rings (SSSR count). The van der Waals surface area contributed by atoms with Gasteiger partial charge in [0.1, 0.15) is 0 Å². The molecule has 1 saturated heterocycles. The Bertz CT molecular complexity index is 749. The quantitative estimate of drug-likeness (QED) is 0.768. The summed E-state index contributed by atoms with van der Waals surface area (Å²) >= 11 is 0. The van der Waals surface area contributed by atoms with Crippen molar-refractivity contribution in [3.63, 3.8) is 0 Å². The Hall–Kier alpha value is -2.70. The molecule has 7 heteroatoms. The summed E-state index contributed by atoms with van der Waals surface area (Å²) in [4.78, 5) is 26.4. The van der Waals surface area contributed by atoms with Gasteiger partial charge in [-0.2, -0.15) is 0 Å². The van der Waals surface area contributed by atoms with E-state index in [1.165, 1.54) is 6.20 Å². The number of carbonyl (C=O) groups excluding carboxylic acids is 2. The molecule has 2 unspecified atom stereocenters. The summed E-state index contributed by atoms with van der Waals surface area (Å²) in [6, 6.07) is 10.1. The number of likely N-dealkylation sites (tertiary alicyclic amines) is 1. The van der Waals surface area contributed by atoms with Gasteiger partial charge in [-0.05, 0) is 38.7 Å². The minimum Gasteiger partial charge on any atom is -0.451 e. The molecule has 0 saturated carbocycles. The number of amides is 1. The van der Waals surface area contributed by atoms with Crippen LogP contribution >= 0.6 is 0 Å². The topological polar surface area (TPSA) is 77.3 Å². The van der Waals surface area contributed by atoms with E-state index in [-0.39, 0.29) is 30.3 Å². The van der Waals surface area contributed by atoms with Crippen LogP contribution in [0.3, 0.4) is 0 Å². The molecule has 0 bridgehead atoms. The van der Waals surface area contributed by atoms with Crippen LogP contribution in [-0.4, -0.2) is 50.5 Å². The summed E-state index contributed by atoms with van der Waals surface area (Å²) in [6.07, 6.45) is 4.62. The molecule has 1 aromatic carbocycles. The number of nitrogens with zero attached hydrogens (tertiary/aromatic N) is 4. The van der Waals surface area contributed by atoms with Crippen molar-refractivity contribution in [1.82, 2.24) is 19.9 Å². The molecule has 1 aliphatic rings. The summed E-state index contributed by atoms with van der Waals surface area (Å²) < 4.78 is 6.73. The highest BCUT2D eigenvalue weighted by Gasteiger charge is 2.29. The molecule has 0 aliphatic carbocycles. The van der Waals surface area contributed by atoms with Gasteiger partial charge in [0.25, 0.3) is 5.91 Å². The van der Waals surface area contributed by atoms with Gasteiger partial charge in [0.15, 0.2) is 12.3 Å². The molecule has 7 nitrogen and oxygen atoms in total. The van der Waals surface area contributed by atoms with Crippen LogP contribution in [0.4, 0.5) is 0 Å². The zero-order chi connectivity index (χ0) is 18.5. The van der Waals surface area contributed by atoms with Crippen LogP contribution < -0.4 is 0 Å². The standard InChI is InChI=1S/C19H24N4O3/c1-14-7-6-8-15(2)23(14)18(24)13-26-19(25)17-12-22(21-20-17)11-16-9-4-3-5-10-16/h3-5,9-10,12,14-15H,6-8,11,13H2,1-2H3. The molecular weight excluding hydrogens is 332 g/mol. The van der Waals surface area contributed by atoms with Gasteiger partial charge in [-0.25, -0.2) is 9.48 Å². The Morgan fingerprint density at radius 3 is 2.54 bits per heavy atom. The lowest BCUT2D eigenvalue weighted by atomic mass is 9.97. The molecular formula is C19H24N4O3. The van der Waals surface area contributed by atoms with Crippen LogP contribution in [0.2, 0.25) is 0 Å². The lowest BCUT2D eigenvalue weighted by molar-refractivity contribution is -0.140. The molecule has 26 heavy (non-hydrogen) atoms. The maximum Gasteiger partial charge on any atom is 0.361 e. The van der Waals surface area contributed by atoms with Gasteiger partial charge in [0, 0.05) is 12.1 Å². The van der Waals surface area contributed by atoms with E-state index < -0.39 is 5.97 Å². The number of ether oxygens (including phenoxy) is 1. The SMILES string of the molecule is CC1CCCC(C)N1C(=O)COC(=O)c1cn(Cc2ccccc2)nn1. The largest absolute Gasteiger partial charge is 0.451 e. The number of benzene rings is 1. The van der Waals surface area contributed by atoms with Gasteiger partial charge in [0.2, 0.25) is 0 Å². The molecule has 1 aromatic heterocycles. The first kappa shape index (κ1) is 18.1. The van der Waals surface area contributed by atoms with Crippen molar-refractivity contribution < 1.29 is 14.3 Å². The van der Waals surface area contributed by atoms with Crippen LogP contribution in [0.1, 0.15) is 49.2 Å². The number of hydrogen-bond acceptors (Lipinski definition) is 5. The predicted octanol–water partition coefficient (Wildman–Crippen LogP) is 2.27. The van der Waals surface area contributed by atoms with Crippen LogP contribution in [0.15, 0.2) is 36.5 Å². The molecule has 2 heterocycles. The van der Waals surface area contributed by atoms with Gasteiger partial charge in [-0.15, -0.1) is 5.10 Å². The zero-order valence-corrected chi connectivity index (χ0v) is 15.2. The maximum absolute atomic E-state index is 12.4. The zero-order valence-electron chi connectivity index (χ0n) is 15.2. The summed E-state index contributed by atoms with van der Waals surface area (Å²) in [6.45, 7) is 4.32. The van der Waals surface area contributed by atoms with Crippen molar-refractivity contribution >= 4 is 11.9 Å². The molecule has 0 spiro atoms. The molecule has 2 aromatic rings. The van der Waals surface area contributed by atoms with Crippen molar-refractivity contribution in [3.8, 4) is 0 Å². The second-order valence-electron chi connectivity index (χ2n) is 6.79. The third-order valence-corrected chi connectivity index (χ3v) is 4.74. The second kappa shape index (κ2) is 8.12. The molecule has 0 radical (unpaired) electrons. The van der Waals surface area contributed by atoms with Crippen molar-refractivity contribution in [2.45, 2.75) is 51.7 Å². The van der Waals surface area contributed by atoms with E-state index in [1.807, 2.05) is 49.1 Å². The number of piperidine rings is 1. The molecule has 2 atom stereocenters. The minimum absolute atomic E-state index is 0.105. The van der Waals surface area contributed by atoms with E-state index >= 15 is 0 Å². The van der Waals surface area contributed by atoms with E-state index in [0.29, 0.717) is 6.54 Å². The normalized spacial score (nSPS) is 20.0. The van der Waals surface area contributed by atoms with Crippen LogP contribution in [0.25, 0.3) is 0 Å². The molecule has 138 valence electrons. The van der Waals surface area contributed by atoms with E-state index in [2.05, 4.69) is 10.3 Å². The summed E-state index contributed by atoms with van der Waals surface area (Å²) in [5.41, 5.74) is 1.16. The third kappa shape index (κ3) is 4.28. The lowest BCUT2D eigenvalue weighted by Crippen LogP contribution is -2.49. The molecule has 1 fully saturated rings. The molecule has 0 N–H and O–H groups in total. The lowest BCUT2D eigenvalue weighted by Gasteiger charge is -2.38. The Labute approximate surface area is 152 Å². The molecule has 1 aliphatic heterocycles. The minimum atomic E-state index is -0.630. The van der Waals surface area contributed by atoms with E-state index in [4.69, 9.17) is 4.74 Å². The predicted molar refractivity (Wildman–Crippen MR) is 95.5 cm³/mol. The van der Waals surface area contributed by atoms with Crippen molar-refractivity contribution in [2.75, 3.05) is 6.61 Å². The fourth-order valence-electron chi connectivity index (χ4n) is 3.43. The summed E-state index contributed by atoms with van der Waals surface area (Å²) in [5, 5.41) is 7.79. The average molecular weight is 356 g/mol. The number of carbonyl (C=O) groups is 2. The number of esters is 1. The monoisotopic (exact) mass is 356 g/mol. The van der Waals surface area contributed by atoms with E-state index in [9.17, 15) is 9.59 Å². The van der Waals surface area contributed by atoms with Gasteiger partial charge < -0.3 is 9.64 Å². The maximum atomic E-state index is 12.4. The van der Waals surface area contributed by atoms with Crippen LogP contribution in [-0.2, 0) is 16.1 Å². The Kier molecular flexibility index (Phi) is 5.65. The summed E-state index contributed by atoms with van der Waals surface area (Å²) in [7, 11) is 0. The van der Waals surface area contributed by atoms with Crippen molar-refractivity contribution in [2.24, 2.45) is 0 Å². The number of rotatable bonds is 5. The van der Waals surface area contributed by atoms with Crippen molar-refractivity contribution in [1.29, 1.82) is 0 Å². The van der Waals surface area contributed by atoms with Crippen LogP contribution in [0.5, 0.6) is 0 Å². The fraction of sp³-hybridized carbons (Fsp3) is 0.474. The Morgan fingerprint density at radius 2 is 1.85 bits per heavy atom. The van der Waals surface area contributed by atoms with Gasteiger partial charge >= 0.3 is 5.97 Å². The smallest absolute Gasteiger partial charge is 0.361 e. The highest BCUT2D eigenvalue weighted by molar-refractivity contribution is 5.89. The van der Waals surface area contributed by atoms with Crippen LogP contribution in [0, 0.1) is 0 Å².